The van der Waals surface area contributed by atoms with Crippen LogP contribution in [0.4, 0.5) is 0 Å². The maximum Gasteiger partial charge on any atom is 0.262 e. The molecule has 0 aliphatic carbocycles. The van der Waals surface area contributed by atoms with E-state index in [0.29, 0.717) is 35.4 Å². The Bertz CT molecular complexity index is 1260. The summed E-state index contributed by atoms with van der Waals surface area (Å²) in [5.41, 5.74) is 1.57. The van der Waals surface area contributed by atoms with Crippen molar-refractivity contribution in [1.82, 2.24) is 19.7 Å². The third-order valence-electron chi connectivity index (χ3n) is 4.52. The Morgan fingerprint density at radius 1 is 1.14 bits per heavy atom. The van der Waals surface area contributed by atoms with Crippen LogP contribution < -0.4 is 5.56 Å². The third-order valence-corrected chi connectivity index (χ3v) is 5.03. The lowest BCUT2D eigenvalue weighted by Gasteiger charge is -2.09. The molecule has 4 aromatic rings. The minimum Gasteiger partial charge on any atom is -0.508 e. The SMILES string of the molecule is CCc1nn(-c2c(O)cc(Cl)cc2Cl)c2nc(Cc3ccc(O)cc3)[nH]c(=O)c12. The molecule has 0 bridgehead atoms. The molecule has 0 radical (unpaired) electrons. The number of benzene rings is 2. The molecule has 0 unspecified atom stereocenters. The van der Waals surface area contributed by atoms with Crippen molar-refractivity contribution < 1.29 is 10.2 Å². The Kier molecular flexibility index (Phi) is 4.94. The molecule has 148 valence electrons. The highest BCUT2D eigenvalue weighted by Crippen LogP contribution is 2.34. The minimum atomic E-state index is -0.323. The van der Waals surface area contributed by atoms with Gasteiger partial charge in [0.05, 0.1) is 10.7 Å². The summed E-state index contributed by atoms with van der Waals surface area (Å²) in [6.07, 6.45) is 0.843. The highest BCUT2D eigenvalue weighted by Gasteiger charge is 2.21. The third kappa shape index (κ3) is 3.54. The number of hydrogen-bond acceptors (Lipinski definition) is 5. The lowest BCUT2D eigenvalue weighted by atomic mass is 10.1. The lowest BCUT2D eigenvalue weighted by molar-refractivity contribution is 0.471. The Hall–Kier alpha value is -3.03. The zero-order chi connectivity index (χ0) is 20.7. The van der Waals surface area contributed by atoms with Crippen molar-refractivity contribution in [3.8, 4) is 17.2 Å². The van der Waals surface area contributed by atoms with Gasteiger partial charge in [-0.2, -0.15) is 5.10 Å². The monoisotopic (exact) mass is 430 g/mol. The van der Waals surface area contributed by atoms with Crippen LogP contribution in [0.15, 0.2) is 41.2 Å². The Morgan fingerprint density at radius 3 is 2.52 bits per heavy atom. The largest absolute Gasteiger partial charge is 0.508 e. The van der Waals surface area contributed by atoms with E-state index in [2.05, 4.69) is 15.1 Å². The molecule has 0 spiro atoms. The minimum absolute atomic E-state index is 0.157. The number of aromatic nitrogens is 4. The number of H-pyrrole nitrogens is 1. The second-order valence-electron chi connectivity index (χ2n) is 6.52. The van der Waals surface area contributed by atoms with Crippen molar-refractivity contribution in [1.29, 1.82) is 0 Å². The number of aryl methyl sites for hydroxylation is 1. The van der Waals surface area contributed by atoms with E-state index in [1.54, 1.807) is 24.3 Å². The lowest BCUT2D eigenvalue weighted by Crippen LogP contribution is -2.13. The quantitative estimate of drug-likeness (QED) is 0.454. The van der Waals surface area contributed by atoms with E-state index >= 15 is 0 Å². The van der Waals surface area contributed by atoms with Crippen LogP contribution in [0.2, 0.25) is 10.0 Å². The summed E-state index contributed by atoms with van der Waals surface area (Å²) in [5, 5.41) is 25.1. The van der Waals surface area contributed by atoms with Gasteiger partial charge in [-0.15, -0.1) is 0 Å². The maximum absolute atomic E-state index is 12.8. The molecule has 9 heteroatoms. The number of aromatic amines is 1. The van der Waals surface area contributed by atoms with Gasteiger partial charge in [-0.3, -0.25) is 4.79 Å². The summed E-state index contributed by atoms with van der Waals surface area (Å²) < 4.78 is 1.37. The van der Waals surface area contributed by atoms with Gasteiger partial charge in [-0.05, 0) is 30.2 Å². The number of hydrogen-bond donors (Lipinski definition) is 3. The van der Waals surface area contributed by atoms with E-state index < -0.39 is 0 Å². The molecule has 0 amide bonds. The van der Waals surface area contributed by atoms with Crippen LogP contribution in [-0.4, -0.2) is 30.0 Å². The molecule has 2 aromatic heterocycles. The van der Waals surface area contributed by atoms with Crippen molar-refractivity contribution in [3.05, 3.63) is 73.9 Å². The Labute approximate surface area is 175 Å². The van der Waals surface area contributed by atoms with Crippen LogP contribution in [0.1, 0.15) is 24.0 Å². The van der Waals surface area contributed by atoms with Crippen LogP contribution in [0.5, 0.6) is 11.5 Å². The van der Waals surface area contributed by atoms with Crippen LogP contribution in [0.3, 0.4) is 0 Å². The molecule has 2 aromatic carbocycles. The maximum atomic E-state index is 12.8. The standard InChI is InChI=1S/C20H16Cl2N4O3/c1-2-14-17-19(26(25-14)18-13(22)8-11(21)9-15(18)28)23-16(24-20(17)29)7-10-3-5-12(27)6-4-10/h3-6,8-9,27-28H,2,7H2,1H3,(H,23,24,29). The van der Waals surface area contributed by atoms with E-state index in [4.69, 9.17) is 23.2 Å². The fourth-order valence-corrected chi connectivity index (χ4v) is 3.76. The van der Waals surface area contributed by atoms with Gasteiger partial charge in [0.2, 0.25) is 0 Å². The first kappa shape index (κ1) is 19.3. The number of nitrogens with one attached hydrogen (secondary N) is 1. The first-order chi connectivity index (χ1) is 13.9. The van der Waals surface area contributed by atoms with Crippen molar-refractivity contribution in [3.63, 3.8) is 0 Å². The number of halogens is 2. The van der Waals surface area contributed by atoms with Gasteiger partial charge in [0.15, 0.2) is 5.65 Å². The molecular formula is C20H16Cl2N4O3. The number of phenols is 2. The molecule has 2 heterocycles. The van der Waals surface area contributed by atoms with E-state index in [0.717, 1.165) is 5.56 Å². The molecule has 0 aliphatic rings. The van der Waals surface area contributed by atoms with Crippen molar-refractivity contribution in [2.45, 2.75) is 19.8 Å². The summed E-state index contributed by atoms with van der Waals surface area (Å²) >= 11 is 12.3. The molecule has 0 fully saturated rings. The van der Waals surface area contributed by atoms with Gasteiger partial charge in [-0.1, -0.05) is 42.3 Å². The van der Waals surface area contributed by atoms with Crippen LogP contribution >= 0.6 is 23.2 Å². The van der Waals surface area contributed by atoms with E-state index in [-0.39, 0.29) is 32.8 Å². The number of phenolic OH excluding ortho intramolecular Hbond substituents is 2. The molecule has 3 N–H and O–H groups in total. The predicted molar refractivity (Wildman–Crippen MR) is 111 cm³/mol. The predicted octanol–water partition coefficient (Wildman–Crippen LogP) is 3.98. The zero-order valence-corrected chi connectivity index (χ0v) is 16.8. The molecule has 0 saturated heterocycles. The molecule has 29 heavy (non-hydrogen) atoms. The summed E-state index contributed by atoms with van der Waals surface area (Å²) in [5.74, 6) is 0.405. The highest BCUT2D eigenvalue weighted by molar-refractivity contribution is 6.36. The van der Waals surface area contributed by atoms with Gasteiger partial charge >= 0.3 is 0 Å². The number of fused-ring (bicyclic) bond motifs is 1. The first-order valence-electron chi connectivity index (χ1n) is 8.84. The molecule has 4 rings (SSSR count). The molecule has 0 atom stereocenters. The number of aromatic hydroxyl groups is 2. The smallest absolute Gasteiger partial charge is 0.262 e. The average Bonchev–Trinajstić information content (AvgIpc) is 3.02. The molecule has 7 nitrogen and oxygen atoms in total. The summed E-state index contributed by atoms with van der Waals surface area (Å²) in [6, 6.07) is 9.47. The number of nitrogens with zero attached hydrogens (tertiary/aromatic N) is 3. The second-order valence-corrected chi connectivity index (χ2v) is 7.37. The molecular weight excluding hydrogens is 415 g/mol. The van der Waals surface area contributed by atoms with Gasteiger partial charge in [0.1, 0.15) is 28.4 Å². The van der Waals surface area contributed by atoms with Crippen LogP contribution in [-0.2, 0) is 12.8 Å². The average molecular weight is 431 g/mol. The summed E-state index contributed by atoms with van der Waals surface area (Å²) in [4.78, 5) is 20.2. The second kappa shape index (κ2) is 7.42. The highest BCUT2D eigenvalue weighted by atomic mass is 35.5. The molecule has 0 saturated carbocycles. The van der Waals surface area contributed by atoms with E-state index in [1.807, 2.05) is 6.92 Å². The van der Waals surface area contributed by atoms with E-state index in [9.17, 15) is 15.0 Å². The van der Waals surface area contributed by atoms with E-state index in [1.165, 1.54) is 16.8 Å². The summed E-state index contributed by atoms with van der Waals surface area (Å²) in [7, 11) is 0. The van der Waals surface area contributed by atoms with Crippen molar-refractivity contribution in [2.75, 3.05) is 0 Å². The van der Waals surface area contributed by atoms with Gasteiger partial charge in [-0.25, -0.2) is 9.67 Å². The topological polar surface area (TPSA) is 104 Å². The van der Waals surface area contributed by atoms with Gasteiger partial charge in [0, 0.05) is 17.5 Å². The van der Waals surface area contributed by atoms with Gasteiger partial charge in [0.25, 0.3) is 5.56 Å². The summed E-state index contributed by atoms with van der Waals surface area (Å²) in [6.45, 7) is 1.87. The fraction of sp³-hybridized carbons (Fsp3) is 0.150. The Morgan fingerprint density at radius 2 is 1.86 bits per heavy atom. The fourth-order valence-electron chi connectivity index (χ4n) is 3.19. The van der Waals surface area contributed by atoms with Crippen LogP contribution in [0, 0.1) is 0 Å². The van der Waals surface area contributed by atoms with Crippen molar-refractivity contribution >= 4 is 34.2 Å². The van der Waals surface area contributed by atoms with Crippen LogP contribution in [0.25, 0.3) is 16.7 Å². The zero-order valence-electron chi connectivity index (χ0n) is 15.3. The van der Waals surface area contributed by atoms with Crippen molar-refractivity contribution in [2.24, 2.45) is 0 Å². The number of rotatable bonds is 4. The normalized spacial score (nSPS) is 11.3. The molecule has 0 aliphatic heterocycles. The Balaban J connectivity index is 1.93. The first-order valence-corrected chi connectivity index (χ1v) is 9.60. The van der Waals surface area contributed by atoms with Gasteiger partial charge < -0.3 is 15.2 Å².